The van der Waals surface area contributed by atoms with E-state index in [1.165, 1.54) is 11.3 Å². The number of carbonyl (C=O) groups is 1. The molecule has 5 nitrogen and oxygen atoms in total. The van der Waals surface area contributed by atoms with E-state index in [1.54, 1.807) is 16.6 Å². The number of aromatic nitrogens is 1. The maximum atomic E-state index is 12.3. The highest BCUT2D eigenvalue weighted by Crippen LogP contribution is 2.21. The lowest BCUT2D eigenvalue weighted by Crippen LogP contribution is -2.43. The van der Waals surface area contributed by atoms with Gasteiger partial charge in [-0.15, -0.1) is 11.3 Å². The monoisotopic (exact) mass is 330 g/mol. The maximum Gasteiger partial charge on any atom is 0.410 e. The maximum absolute atomic E-state index is 12.3. The van der Waals surface area contributed by atoms with Crippen molar-refractivity contribution in [2.45, 2.75) is 50.2 Å². The molecule has 2 rings (SSSR count). The van der Waals surface area contributed by atoms with E-state index in [9.17, 15) is 9.00 Å². The zero-order valence-electron chi connectivity index (χ0n) is 12.7. The van der Waals surface area contributed by atoms with Gasteiger partial charge in [-0.25, -0.2) is 4.79 Å². The summed E-state index contributed by atoms with van der Waals surface area (Å²) in [6.45, 7) is 6.83. The molecule has 0 aromatic carbocycles. The van der Waals surface area contributed by atoms with Gasteiger partial charge in [0.15, 0.2) is 0 Å². The summed E-state index contributed by atoms with van der Waals surface area (Å²) < 4.78 is 17.7. The number of piperidine rings is 1. The van der Waals surface area contributed by atoms with Crippen LogP contribution in [0.2, 0.25) is 0 Å². The highest BCUT2D eigenvalue weighted by Gasteiger charge is 2.29. The quantitative estimate of drug-likeness (QED) is 0.855. The van der Waals surface area contributed by atoms with E-state index < -0.39 is 16.4 Å². The molecular weight excluding hydrogens is 308 g/mol. The SMILES string of the molecule is CC(C)(C)OC(=O)N1CCC([S@@](=O)Cc2cncs2)CC1. The Labute approximate surface area is 132 Å². The molecule has 7 heteroatoms. The van der Waals surface area contributed by atoms with Crippen LogP contribution in [0, 0.1) is 0 Å². The number of nitrogens with zero attached hydrogens (tertiary/aromatic N) is 2. The molecule has 1 aromatic rings. The van der Waals surface area contributed by atoms with Gasteiger partial charge in [0.1, 0.15) is 5.60 Å². The highest BCUT2D eigenvalue weighted by atomic mass is 32.2. The van der Waals surface area contributed by atoms with Crippen molar-refractivity contribution < 1.29 is 13.7 Å². The molecule has 0 unspecified atom stereocenters. The van der Waals surface area contributed by atoms with Crippen LogP contribution < -0.4 is 0 Å². The number of carbonyl (C=O) groups excluding carboxylic acids is 1. The average Bonchev–Trinajstić information content (AvgIpc) is 2.90. The second kappa shape index (κ2) is 6.87. The fourth-order valence-electron chi connectivity index (χ4n) is 2.20. The standard InChI is InChI=1S/C14H22N2O3S2/c1-14(2,3)19-13(17)16-6-4-12(5-7-16)21(18)9-11-8-15-10-20-11/h8,10,12H,4-7,9H2,1-3H3/t21-/m0/s1. The molecule has 0 N–H and O–H groups in total. The van der Waals surface area contributed by atoms with Crippen molar-refractivity contribution in [1.29, 1.82) is 0 Å². The first kappa shape index (κ1) is 16.4. The molecule has 1 aliphatic rings. The fourth-order valence-corrected chi connectivity index (χ4v) is 4.53. The molecule has 1 amide bonds. The Morgan fingerprint density at radius 3 is 2.67 bits per heavy atom. The van der Waals surface area contributed by atoms with Crippen molar-refractivity contribution >= 4 is 28.2 Å². The first-order chi connectivity index (χ1) is 9.85. The van der Waals surface area contributed by atoms with Gasteiger partial charge in [-0.2, -0.15) is 0 Å². The van der Waals surface area contributed by atoms with E-state index in [1.807, 2.05) is 20.8 Å². The summed E-state index contributed by atoms with van der Waals surface area (Å²) in [6, 6.07) is 0. The fraction of sp³-hybridized carbons (Fsp3) is 0.714. The molecule has 1 saturated heterocycles. The van der Waals surface area contributed by atoms with Crippen LogP contribution in [0.15, 0.2) is 11.7 Å². The third kappa shape index (κ3) is 5.07. The summed E-state index contributed by atoms with van der Waals surface area (Å²) >= 11 is 1.54. The molecule has 1 atom stereocenters. The van der Waals surface area contributed by atoms with Crippen molar-refractivity contribution in [3.63, 3.8) is 0 Å². The van der Waals surface area contributed by atoms with E-state index >= 15 is 0 Å². The van der Waals surface area contributed by atoms with Gasteiger partial charge >= 0.3 is 6.09 Å². The van der Waals surface area contributed by atoms with Crippen LogP contribution in [0.5, 0.6) is 0 Å². The smallest absolute Gasteiger partial charge is 0.410 e. The second-order valence-corrected chi connectivity index (χ2v) is 8.85. The Kier molecular flexibility index (Phi) is 5.37. The number of ether oxygens (including phenoxy) is 1. The molecule has 0 saturated carbocycles. The van der Waals surface area contributed by atoms with Crippen LogP contribution >= 0.6 is 11.3 Å². The topological polar surface area (TPSA) is 59.5 Å². The van der Waals surface area contributed by atoms with E-state index in [0.29, 0.717) is 18.8 Å². The van der Waals surface area contributed by atoms with E-state index in [4.69, 9.17) is 4.74 Å². The van der Waals surface area contributed by atoms with Gasteiger partial charge in [-0.1, -0.05) is 0 Å². The predicted octanol–water partition coefficient (Wildman–Crippen LogP) is 2.79. The van der Waals surface area contributed by atoms with Crippen molar-refractivity contribution in [2.24, 2.45) is 0 Å². The van der Waals surface area contributed by atoms with Crippen LogP contribution in [0.3, 0.4) is 0 Å². The summed E-state index contributed by atoms with van der Waals surface area (Å²) in [5.41, 5.74) is 1.29. The van der Waals surface area contributed by atoms with Crippen LogP contribution in [0.1, 0.15) is 38.5 Å². The van der Waals surface area contributed by atoms with Crippen LogP contribution in [0.25, 0.3) is 0 Å². The number of hydrogen-bond donors (Lipinski definition) is 0. The average molecular weight is 330 g/mol. The van der Waals surface area contributed by atoms with Gasteiger partial charge in [-0.05, 0) is 33.6 Å². The molecule has 0 radical (unpaired) electrons. The molecule has 118 valence electrons. The largest absolute Gasteiger partial charge is 0.444 e. The summed E-state index contributed by atoms with van der Waals surface area (Å²) in [4.78, 5) is 18.7. The zero-order chi connectivity index (χ0) is 15.5. The molecule has 0 aliphatic carbocycles. The minimum Gasteiger partial charge on any atom is -0.444 e. The normalized spacial score (nSPS) is 18.5. The summed E-state index contributed by atoms with van der Waals surface area (Å²) in [5, 5.41) is 0.158. The Morgan fingerprint density at radius 2 is 2.14 bits per heavy atom. The third-order valence-corrected chi connectivity index (χ3v) is 6.01. The lowest BCUT2D eigenvalue weighted by Gasteiger charge is -2.33. The van der Waals surface area contributed by atoms with Crippen molar-refractivity contribution in [1.82, 2.24) is 9.88 Å². The first-order valence-corrected chi connectivity index (χ1v) is 9.34. The number of rotatable bonds is 3. The van der Waals surface area contributed by atoms with Gasteiger partial charge in [0, 0.05) is 40.2 Å². The molecule has 1 aromatic heterocycles. The van der Waals surface area contributed by atoms with E-state index in [-0.39, 0.29) is 11.3 Å². The van der Waals surface area contributed by atoms with Gasteiger partial charge in [-0.3, -0.25) is 9.19 Å². The summed E-state index contributed by atoms with van der Waals surface area (Å²) in [7, 11) is -0.891. The number of likely N-dealkylation sites (tertiary alicyclic amines) is 1. The Morgan fingerprint density at radius 1 is 1.48 bits per heavy atom. The Balaban J connectivity index is 1.80. The van der Waals surface area contributed by atoms with E-state index in [2.05, 4.69) is 4.98 Å². The molecular formula is C14H22N2O3S2. The minimum atomic E-state index is -0.891. The van der Waals surface area contributed by atoms with Crippen molar-refractivity contribution in [3.05, 3.63) is 16.6 Å². The summed E-state index contributed by atoms with van der Waals surface area (Å²) in [5.74, 6) is 0.571. The lowest BCUT2D eigenvalue weighted by atomic mass is 10.1. The Bertz CT molecular complexity index is 489. The zero-order valence-corrected chi connectivity index (χ0v) is 14.3. The van der Waals surface area contributed by atoms with Gasteiger partial charge in [0.05, 0.1) is 11.3 Å². The van der Waals surface area contributed by atoms with Crippen molar-refractivity contribution in [3.8, 4) is 0 Å². The van der Waals surface area contributed by atoms with Crippen LogP contribution in [-0.4, -0.2) is 44.1 Å². The van der Waals surface area contributed by atoms with E-state index in [0.717, 1.165) is 17.7 Å². The molecule has 2 heterocycles. The first-order valence-electron chi connectivity index (χ1n) is 7.07. The van der Waals surface area contributed by atoms with Crippen molar-refractivity contribution in [2.75, 3.05) is 13.1 Å². The highest BCUT2D eigenvalue weighted by molar-refractivity contribution is 7.85. The lowest BCUT2D eigenvalue weighted by molar-refractivity contribution is 0.0218. The minimum absolute atomic E-state index is 0.158. The molecule has 0 spiro atoms. The molecule has 0 bridgehead atoms. The summed E-state index contributed by atoms with van der Waals surface area (Å²) in [6.07, 6.45) is 3.04. The number of amides is 1. The third-order valence-electron chi connectivity index (χ3n) is 3.23. The predicted molar refractivity (Wildman–Crippen MR) is 84.8 cm³/mol. The second-order valence-electron chi connectivity index (χ2n) is 6.16. The van der Waals surface area contributed by atoms with Crippen LogP contribution in [0.4, 0.5) is 4.79 Å². The number of hydrogen-bond acceptors (Lipinski definition) is 5. The molecule has 1 fully saturated rings. The molecule has 1 aliphatic heterocycles. The number of thiazole rings is 1. The van der Waals surface area contributed by atoms with Gasteiger partial charge in [0.25, 0.3) is 0 Å². The van der Waals surface area contributed by atoms with Gasteiger partial charge in [0.2, 0.25) is 0 Å². The van der Waals surface area contributed by atoms with Crippen LogP contribution in [-0.2, 0) is 21.3 Å². The van der Waals surface area contributed by atoms with Gasteiger partial charge < -0.3 is 9.64 Å². The Hall–Kier alpha value is -0.950. The molecule has 21 heavy (non-hydrogen) atoms.